The third-order valence-corrected chi connectivity index (χ3v) is 4.07. The molecule has 0 fully saturated rings. The van der Waals surface area contributed by atoms with E-state index in [4.69, 9.17) is 4.74 Å². The number of anilines is 1. The number of amides is 1. The topological polar surface area (TPSA) is 54.5 Å². The first-order valence-corrected chi connectivity index (χ1v) is 8.72. The van der Waals surface area contributed by atoms with E-state index in [1.54, 1.807) is 18.2 Å². The summed E-state index contributed by atoms with van der Waals surface area (Å²) in [4.78, 5) is 18.3. The lowest BCUT2D eigenvalue weighted by atomic mass is 10.1. The number of nitrogens with zero attached hydrogens (tertiary/aromatic N) is 2. The van der Waals surface area contributed by atoms with E-state index in [0.29, 0.717) is 5.69 Å². The lowest BCUT2D eigenvalue weighted by Crippen LogP contribution is -2.28. The fourth-order valence-corrected chi connectivity index (χ4v) is 2.49. The molecule has 1 heterocycles. The van der Waals surface area contributed by atoms with Gasteiger partial charge < -0.3 is 15.0 Å². The Labute approximate surface area is 150 Å². The molecular weight excluding hydrogens is 314 g/mol. The van der Waals surface area contributed by atoms with Gasteiger partial charge in [0.15, 0.2) is 0 Å². The number of carbonyl (C=O) groups is 1. The van der Waals surface area contributed by atoms with Crippen molar-refractivity contribution in [3.8, 4) is 5.75 Å². The molecule has 25 heavy (non-hydrogen) atoms. The van der Waals surface area contributed by atoms with E-state index in [2.05, 4.69) is 29.4 Å². The van der Waals surface area contributed by atoms with Crippen molar-refractivity contribution in [3.63, 3.8) is 0 Å². The second-order valence-electron chi connectivity index (χ2n) is 6.03. The van der Waals surface area contributed by atoms with Crippen LogP contribution in [0.5, 0.6) is 5.75 Å². The Balaban J connectivity index is 1.88. The van der Waals surface area contributed by atoms with Gasteiger partial charge in [-0.2, -0.15) is 0 Å². The summed E-state index contributed by atoms with van der Waals surface area (Å²) in [5.41, 5.74) is 2.63. The van der Waals surface area contributed by atoms with Crippen LogP contribution in [-0.2, 0) is 6.42 Å². The quantitative estimate of drug-likeness (QED) is 0.757. The Morgan fingerprint density at radius 1 is 1.24 bits per heavy atom. The fraction of sp³-hybridized carbons (Fsp3) is 0.400. The largest absolute Gasteiger partial charge is 0.497 e. The molecule has 5 nitrogen and oxygen atoms in total. The molecule has 1 N–H and O–H groups in total. The summed E-state index contributed by atoms with van der Waals surface area (Å²) >= 11 is 0. The number of unbranched alkanes of at least 4 members (excludes halogenated alkanes) is 1. The number of nitrogens with one attached hydrogen (secondary N) is 1. The van der Waals surface area contributed by atoms with Crippen molar-refractivity contribution in [1.82, 2.24) is 9.88 Å². The van der Waals surface area contributed by atoms with Crippen molar-refractivity contribution in [2.75, 3.05) is 32.6 Å². The molecule has 2 aromatic rings. The van der Waals surface area contributed by atoms with E-state index in [0.717, 1.165) is 43.8 Å². The van der Waals surface area contributed by atoms with Gasteiger partial charge in [-0.1, -0.05) is 25.5 Å². The average Bonchev–Trinajstić information content (AvgIpc) is 2.66. The molecular formula is C20H27N3O2. The van der Waals surface area contributed by atoms with E-state index in [9.17, 15) is 4.79 Å². The Kier molecular flexibility index (Phi) is 7.26. The zero-order valence-electron chi connectivity index (χ0n) is 15.3. The van der Waals surface area contributed by atoms with E-state index in [1.807, 2.05) is 31.3 Å². The van der Waals surface area contributed by atoms with Crippen molar-refractivity contribution in [3.05, 3.63) is 53.9 Å². The van der Waals surface area contributed by atoms with Crippen LogP contribution in [0.3, 0.4) is 0 Å². The number of rotatable bonds is 9. The van der Waals surface area contributed by atoms with E-state index >= 15 is 0 Å². The first-order chi connectivity index (χ1) is 12.1. The van der Waals surface area contributed by atoms with Gasteiger partial charge in [0.1, 0.15) is 11.4 Å². The Morgan fingerprint density at radius 2 is 2.00 bits per heavy atom. The maximum Gasteiger partial charge on any atom is 0.272 e. The molecule has 0 aliphatic rings. The molecule has 0 saturated carbocycles. The lowest BCUT2D eigenvalue weighted by Gasteiger charge is -2.16. The van der Waals surface area contributed by atoms with Gasteiger partial charge >= 0.3 is 0 Å². The molecule has 0 radical (unpaired) electrons. The van der Waals surface area contributed by atoms with Gasteiger partial charge in [-0.05, 0) is 42.7 Å². The van der Waals surface area contributed by atoms with Crippen molar-refractivity contribution in [1.29, 1.82) is 0 Å². The van der Waals surface area contributed by atoms with Gasteiger partial charge in [0, 0.05) is 32.0 Å². The zero-order valence-corrected chi connectivity index (χ0v) is 15.3. The molecule has 0 spiro atoms. The van der Waals surface area contributed by atoms with E-state index < -0.39 is 0 Å². The van der Waals surface area contributed by atoms with Crippen molar-refractivity contribution in [2.45, 2.75) is 26.2 Å². The van der Waals surface area contributed by atoms with Crippen LogP contribution in [0.4, 0.5) is 5.69 Å². The average molecular weight is 341 g/mol. The third kappa shape index (κ3) is 5.78. The molecule has 134 valence electrons. The second kappa shape index (κ2) is 9.67. The molecule has 5 heteroatoms. The lowest BCUT2D eigenvalue weighted by molar-refractivity contribution is 0.0787. The van der Waals surface area contributed by atoms with E-state index in [-0.39, 0.29) is 5.91 Å². The number of benzene rings is 1. The molecule has 1 amide bonds. The molecule has 0 saturated heterocycles. The highest BCUT2D eigenvalue weighted by atomic mass is 16.5. The summed E-state index contributed by atoms with van der Waals surface area (Å²) in [6.07, 6.45) is 4.64. The fourth-order valence-electron chi connectivity index (χ4n) is 2.49. The SMILES string of the molecule is CCCCN(C)C(=O)c1cc(NCCc2ccc(OC)cc2)ccn1. The van der Waals surface area contributed by atoms with Gasteiger partial charge in [0.25, 0.3) is 5.91 Å². The summed E-state index contributed by atoms with van der Waals surface area (Å²) < 4.78 is 5.16. The van der Waals surface area contributed by atoms with Crippen LogP contribution < -0.4 is 10.1 Å². The zero-order chi connectivity index (χ0) is 18.1. The van der Waals surface area contributed by atoms with E-state index in [1.165, 1.54) is 5.56 Å². The normalized spacial score (nSPS) is 10.4. The summed E-state index contributed by atoms with van der Waals surface area (Å²) in [5.74, 6) is 0.827. The summed E-state index contributed by atoms with van der Waals surface area (Å²) in [5, 5.41) is 3.36. The second-order valence-corrected chi connectivity index (χ2v) is 6.03. The van der Waals surface area contributed by atoms with Gasteiger partial charge in [-0.3, -0.25) is 9.78 Å². The smallest absolute Gasteiger partial charge is 0.272 e. The monoisotopic (exact) mass is 341 g/mol. The van der Waals surface area contributed by atoms with Crippen LogP contribution >= 0.6 is 0 Å². The molecule has 0 bridgehead atoms. The summed E-state index contributed by atoms with van der Waals surface area (Å²) in [6.45, 7) is 3.66. The van der Waals surface area contributed by atoms with Crippen molar-refractivity contribution >= 4 is 11.6 Å². The van der Waals surface area contributed by atoms with Gasteiger partial charge in [0.2, 0.25) is 0 Å². The number of methoxy groups -OCH3 is 1. The Morgan fingerprint density at radius 3 is 2.68 bits per heavy atom. The number of hydrogen-bond donors (Lipinski definition) is 1. The van der Waals surface area contributed by atoms with Crippen LogP contribution in [0.15, 0.2) is 42.6 Å². The van der Waals surface area contributed by atoms with Crippen molar-refractivity contribution in [2.24, 2.45) is 0 Å². The van der Waals surface area contributed by atoms with Crippen LogP contribution in [0.2, 0.25) is 0 Å². The van der Waals surface area contributed by atoms with Gasteiger partial charge in [-0.15, -0.1) is 0 Å². The number of aromatic nitrogens is 1. The molecule has 1 aromatic heterocycles. The Hall–Kier alpha value is -2.56. The highest BCUT2D eigenvalue weighted by molar-refractivity contribution is 5.92. The van der Waals surface area contributed by atoms with Crippen LogP contribution in [0, 0.1) is 0 Å². The minimum absolute atomic E-state index is 0.0349. The number of pyridine rings is 1. The highest BCUT2D eigenvalue weighted by Crippen LogP contribution is 2.13. The third-order valence-electron chi connectivity index (χ3n) is 4.07. The van der Waals surface area contributed by atoms with Crippen LogP contribution in [0.1, 0.15) is 35.8 Å². The first kappa shape index (κ1) is 18.8. The first-order valence-electron chi connectivity index (χ1n) is 8.72. The maximum atomic E-state index is 12.4. The maximum absolute atomic E-state index is 12.4. The molecule has 0 aliphatic carbocycles. The predicted molar refractivity (Wildman–Crippen MR) is 101 cm³/mol. The van der Waals surface area contributed by atoms with Gasteiger partial charge in [-0.25, -0.2) is 0 Å². The number of hydrogen-bond acceptors (Lipinski definition) is 4. The standard InChI is InChI=1S/C20H27N3O2/c1-4-5-14-23(2)20(24)19-15-17(11-13-22-19)21-12-10-16-6-8-18(25-3)9-7-16/h6-9,11,13,15H,4-5,10,12,14H2,1-3H3,(H,21,22). The molecule has 0 aliphatic heterocycles. The molecule has 0 atom stereocenters. The number of carbonyl (C=O) groups excluding carboxylic acids is 1. The minimum atomic E-state index is -0.0349. The van der Waals surface area contributed by atoms with Gasteiger partial charge in [0.05, 0.1) is 7.11 Å². The summed E-state index contributed by atoms with van der Waals surface area (Å²) in [7, 11) is 3.49. The Bertz CT molecular complexity index is 671. The predicted octanol–water partition coefficient (Wildman–Crippen LogP) is 3.62. The van der Waals surface area contributed by atoms with Crippen molar-refractivity contribution < 1.29 is 9.53 Å². The highest BCUT2D eigenvalue weighted by Gasteiger charge is 2.12. The van der Waals surface area contributed by atoms with Crippen LogP contribution in [-0.4, -0.2) is 43.0 Å². The van der Waals surface area contributed by atoms with Crippen LogP contribution in [0.25, 0.3) is 0 Å². The molecule has 2 rings (SSSR count). The minimum Gasteiger partial charge on any atom is -0.497 e. The molecule has 1 aromatic carbocycles. The molecule has 0 unspecified atom stereocenters. The number of ether oxygens (including phenoxy) is 1. The summed E-state index contributed by atoms with van der Waals surface area (Å²) in [6, 6.07) is 11.8.